The second-order valence-corrected chi connectivity index (χ2v) is 6.22. The Labute approximate surface area is 141 Å². The van der Waals surface area contributed by atoms with Gasteiger partial charge in [0.05, 0.1) is 0 Å². The van der Waals surface area contributed by atoms with Crippen molar-refractivity contribution in [3.05, 3.63) is 65.5 Å². The molecule has 0 bridgehead atoms. The van der Waals surface area contributed by atoms with Gasteiger partial charge < -0.3 is 10.1 Å². The van der Waals surface area contributed by atoms with Crippen molar-refractivity contribution in [2.45, 2.75) is 18.8 Å². The Balaban J connectivity index is 1.87. The van der Waals surface area contributed by atoms with Crippen molar-refractivity contribution in [3.63, 3.8) is 0 Å². The molecule has 4 heteroatoms. The third-order valence-corrected chi connectivity index (χ3v) is 4.67. The molecule has 2 aromatic rings. The summed E-state index contributed by atoms with van der Waals surface area (Å²) < 4.78 is 30.9. The molecule has 2 aromatic carbocycles. The molecule has 0 radical (unpaired) electrons. The first-order chi connectivity index (χ1) is 11.8. The van der Waals surface area contributed by atoms with Crippen LogP contribution in [0.5, 0.6) is 5.75 Å². The summed E-state index contributed by atoms with van der Waals surface area (Å²) in [7, 11) is 0. The van der Waals surface area contributed by atoms with Crippen LogP contribution in [0, 0.1) is 11.7 Å². The molecule has 0 spiro atoms. The average molecular weight is 331 g/mol. The molecule has 0 unspecified atom stereocenters. The highest BCUT2D eigenvalue weighted by atomic mass is 19.1. The maximum absolute atomic E-state index is 13.3. The van der Waals surface area contributed by atoms with E-state index >= 15 is 0 Å². The second kappa shape index (κ2) is 8.25. The third-order valence-electron chi connectivity index (χ3n) is 4.67. The number of piperidine rings is 1. The van der Waals surface area contributed by atoms with Gasteiger partial charge in [-0.25, -0.2) is 8.78 Å². The normalized spacial score (nSPS) is 16.8. The summed E-state index contributed by atoms with van der Waals surface area (Å²) in [5.41, 5.74) is 2.34. The van der Waals surface area contributed by atoms with Crippen molar-refractivity contribution in [1.29, 1.82) is 0 Å². The van der Waals surface area contributed by atoms with Gasteiger partial charge in [-0.3, -0.25) is 0 Å². The van der Waals surface area contributed by atoms with Crippen LogP contribution in [0.15, 0.2) is 48.5 Å². The van der Waals surface area contributed by atoms with Crippen LogP contribution in [-0.4, -0.2) is 26.4 Å². The van der Waals surface area contributed by atoms with E-state index in [0.717, 1.165) is 31.5 Å². The molecule has 1 aliphatic rings. The maximum Gasteiger partial charge on any atom is 0.123 e. The Hall–Kier alpha value is -1.94. The first kappa shape index (κ1) is 16.9. The van der Waals surface area contributed by atoms with Gasteiger partial charge in [0.2, 0.25) is 0 Å². The highest BCUT2D eigenvalue weighted by molar-refractivity contribution is 5.37. The van der Waals surface area contributed by atoms with E-state index in [9.17, 15) is 8.78 Å². The van der Waals surface area contributed by atoms with Gasteiger partial charge in [-0.2, -0.15) is 0 Å². The number of benzene rings is 2. The van der Waals surface area contributed by atoms with Crippen LogP contribution in [0.1, 0.15) is 29.9 Å². The van der Waals surface area contributed by atoms with Gasteiger partial charge in [-0.1, -0.05) is 24.3 Å². The number of hydrogen-bond acceptors (Lipinski definition) is 2. The number of halogens is 2. The first-order valence-electron chi connectivity index (χ1n) is 8.53. The van der Waals surface area contributed by atoms with Gasteiger partial charge in [0.15, 0.2) is 0 Å². The zero-order valence-electron chi connectivity index (χ0n) is 13.7. The van der Waals surface area contributed by atoms with E-state index in [2.05, 4.69) is 5.32 Å². The van der Waals surface area contributed by atoms with Crippen molar-refractivity contribution >= 4 is 0 Å². The summed E-state index contributed by atoms with van der Waals surface area (Å²) in [6.07, 6.45) is 2.20. The summed E-state index contributed by atoms with van der Waals surface area (Å²) in [4.78, 5) is 0. The predicted octanol–water partition coefficient (Wildman–Crippen LogP) is 4.31. The Morgan fingerprint density at radius 2 is 1.54 bits per heavy atom. The van der Waals surface area contributed by atoms with Crippen molar-refractivity contribution in [1.82, 2.24) is 5.32 Å². The van der Waals surface area contributed by atoms with E-state index in [1.165, 1.54) is 17.7 Å². The first-order valence-corrected chi connectivity index (χ1v) is 8.53. The standard InChI is InChI=1S/C20H23F2NO/c21-11-14-24-19-7-3-16(4-8-19)20(17-9-12-23-13-10-17)15-1-5-18(22)6-2-15/h1-8,17,20,23H,9-14H2/t20-/m0/s1. The minimum atomic E-state index is -0.491. The SMILES string of the molecule is FCCOc1ccc([C@H](c2ccc(F)cc2)C2CCNCC2)cc1. The molecule has 0 aliphatic carbocycles. The topological polar surface area (TPSA) is 21.3 Å². The van der Waals surface area contributed by atoms with Crippen molar-refractivity contribution in [2.75, 3.05) is 26.4 Å². The quantitative estimate of drug-likeness (QED) is 0.852. The fourth-order valence-electron chi connectivity index (χ4n) is 3.51. The summed E-state index contributed by atoms with van der Waals surface area (Å²) in [5.74, 6) is 1.23. The molecule has 0 saturated carbocycles. The zero-order chi connectivity index (χ0) is 16.8. The number of ether oxygens (including phenoxy) is 1. The molecule has 2 nitrogen and oxygen atoms in total. The highest BCUT2D eigenvalue weighted by Crippen LogP contribution is 2.37. The summed E-state index contributed by atoms with van der Waals surface area (Å²) in [6.45, 7) is 1.62. The molecular weight excluding hydrogens is 308 g/mol. The van der Waals surface area contributed by atoms with Crippen LogP contribution < -0.4 is 10.1 Å². The van der Waals surface area contributed by atoms with E-state index in [4.69, 9.17) is 4.74 Å². The minimum Gasteiger partial charge on any atom is -0.491 e. The van der Waals surface area contributed by atoms with Gasteiger partial charge in [-0.05, 0) is 67.2 Å². The van der Waals surface area contributed by atoms with Crippen molar-refractivity contribution < 1.29 is 13.5 Å². The fraction of sp³-hybridized carbons (Fsp3) is 0.400. The van der Waals surface area contributed by atoms with Gasteiger partial charge in [0.25, 0.3) is 0 Å². The zero-order valence-corrected chi connectivity index (χ0v) is 13.7. The Morgan fingerprint density at radius 1 is 0.958 bits per heavy atom. The molecule has 1 aliphatic heterocycles. The Kier molecular flexibility index (Phi) is 5.81. The van der Waals surface area contributed by atoms with Crippen LogP contribution in [0.4, 0.5) is 8.78 Å². The lowest BCUT2D eigenvalue weighted by Gasteiger charge is -2.31. The van der Waals surface area contributed by atoms with Crippen LogP contribution >= 0.6 is 0 Å². The lowest BCUT2D eigenvalue weighted by atomic mass is 9.76. The lowest BCUT2D eigenvalue weighted by molar-refractivity contribution is 0.273. The molecule has 1 fully saturated rings. The van der Waals surface area contributed by atoms with Crippen molar-refractivity contribution in [2.24, 2.45) is 5.92 Å². The number of rotatable bonds is 6. The monoisotopic (exact) mass is 331 g/mol. The molecule has 1 heterocycles. The molecular formula is C20H23F2NO. The largest absolute Gasteiger partial charge is 0.491 e. The van der Waals surface area contributed by atoms with Crippen LogP contribution in [0.3, 0.4) is 0 Å². The van der Waals surface area contributed by atoms with Crippen molar-refractivity contribution in [3.8, 4) is 5.75 Å². The molecule has 3 rings (SSSR count). The van der Waals surface area contributed by atoms with Gasteiger partial charge in [0.1, 0.15) is 24.8 Å². The third kappa shape index (κ3) is 4.12. The fourth-order valence-corrected chi connectivity index (χ4v) is 3.51. The summed E-state index contributed by atoms with van der Waals surface area (Å²) >= 11 is 0. The van der Waals surface area contributed by atoms with E-state index in [0.29, 0.717) is 11.7 Å². The van der Waals surface area contributed by atoms with E-state index in [-0.39, 0.29) is 18.3 Å². The number of alkyl halides is 1. The number of hydrogen-bond donors (Lipinski definition) is 1. The molecule has 0 amide bonds. The molecule has 24 heavy (non-hydrogen) atoms. The smallest absolute Gasteiger partial charge is 0.123 e. The predicted molar refractivity (Wildman–Crippen MR) is 91.7 cm³/mol. The molecule has 1 atom stereocenters. The van der Waals surface area contributed by atoms with Gasteiger partial charge >= 0.3 is 0 Å². The van der Waals surface area contributed by atoms with Crippen LogP contribution in [0.25, 0.3) is 0 Å². The van der Waals surface area contributed by atoms with Crippen LogP contribution in [-0.2, 0) is 0 Å². The molecule has 128 valence electrons. The number of nitrogens with one attached hydrogen (secondary N) is 1. The Bertz CT molecular complexity index is 621. The average Bonchev–Trinajstić information content (AvgIpc) is 2.64. The maximum atomic E-state index is 13.3. The second-order valence-electron chi connectivity index (χ2n) is 6.22. The van der Waals surface area contributed by atoms with Gasteiger partial charge in [0, 0.05) is 5.92 Å². The highest BCUT2D eigenvalue weighted by Gasteiger charge is 2.26. The molecule has 0 aromatic heterocycles. The van der Waals surface area contributed by atoms with E-state index < -0.39 is 6.67 Å². The molecule has 1 N–H and O–H groups in total. The van der Waals surface area contributed by atoms with Gasteiger partial charge in [-0.15, -0.1) is 0 Å². The van der Waals surface area contributed by atoms with Crippen LogP contribution in [0.2, 0.25) is 0 Å². The summed E-state index contributed by atoms with van der Waals surface area (Å²) in [5, 5.41) is 3.40. The lowest BCUT2D eigenvalue weighted by Crippen LogP contribution is -2.31. The molecule has 1 saturated heterocycles. The Morgan fingerprint density at radius 3 is 2.12 bits per heavy atom. The summed E-state index contributed by atoms with van der Waals surface area (Å²) in [6, 6.07) is 14.7. The van der Waals surface area contributed by atoms with E-state index in [1.807, 2.05) is 36.4 Å². The van der Waals surface area contributed by atoms with E-state index in [1.54, 1.807) is 0 Å². The minimum absolute atomic E-state index is 0.0784.